The second kappa shape index (κ2) is 5.89. The molecule has 0 spiro atoms. The van der Waals surface area contributed by atoms with Gasteiger partial charge in [-0.2, -0.15) is 0 Å². The number of hydrogen-bond acceptors (Lipinski definition) is 3. The second-order valence-corrected chi connectivity index (χ2v) is 5.01. The number of Topliss-reactive ketones (excluding diaryl/α,β-unsaturated/α-hetero) is 1. The fourth-order valence-corrected chi connectivity index (χ4v) is 1.31. The summed E-state index contributed by atoms with van der Waals surface area (Å²) in [6, 6.07) is 0. The van der Waals surface area contributed by atoms with E-state index in [2.05, 4.69) is 20.8 Å². The van der Waals surface area contributed by atoms with Crippen LogP contribution in [-0.4, -0.2) is 18.4 Å². The minimum Gasteiger partial charge on any atom is -0.465 e. The normalized spacial score (nSPS) is 13.4. The minimum atomic E-state index is -0.579. The van der Waals surface area contributed by atoms with Gasteiger partial charge >= 0.3 is 5.97 Å². The maximum Gasteiger partial charge on any atom is 0.316 e. The second-order valence-electron chi connectivity index (χ2n) is 5.01. The quantitative estimate of drug-likeness (QED) is 0.522. The van der Waals surface area contributed by atoms with Crippen LogP contribution in [0.4, 0.5) is 0 Å². The van der Waals surface area contributed by atoms with E-state index in [-0.39, 0.29) is 17.2 Å². The molecule has 1 unspecified atom stereocenters. The van der Waals surface area contributed by atoms with Gasteiger partial charge in [-0.15, -0.1) is 0 Å². The molecule has 0 aromatic carbocycles. The van der Waals surface area contributed by atoms with E-state index in [0.717, 1.165) is 6.42 Å². The molecule has 3 nitrogen and oxygen atoms in total. The minimum absolute atomic E-state index is 0.0994. The summed E-state index contributed by atoms with van der Waals surface area (Å²) in [6.07, 6.45) is 1.42. The third kappa shape index (κ3) is 6.26. The summed E-state index contributed by atoms with van der Waals surface area (Å²) in [4.78, 5) is 22.7. The Balaban J connectivity index is 4.29. The highest BCUT2D eigenvalue weighted by Gasteiger charge is 2.26. The molecule has 0 heterocycles. The van der Waals surface area contributed by atoms with E-state index in [0.29, 0.717) is 13.0 Å². The Morgan fingerprint density at radius 3 is 2.13 bits per heavy atom. The third-order valence-electron chi connectivity index (χ3n) is 2.24. The number of ether oxygens (including phenoxy) is 1. The van der Waals surface area contributed by atoms with E-state index in [4.69, 9.17) is 4.74 Å². The van der Waals surface area contributed by atoms with Gasteiger partial charge in [0.1, 0.15) is 11.7 Å². The average Bonchev–Trinajstić information content (AvgIpc) is 2.01. The van der Waals surface area contributed by atoms with Gasteiger partial charge in [0, 0.05) is 0 Å². The third-order valence-corrected chi connectivity index (χ3v) is 2.24. The van der Waals surface area contributed by atoms with Crippen LogP contribution < -0.4 is 0 Å². The Hall–Kier alpha value is -0.860. The first-order valence-corrected chi connectivity index (χ1v) is 5.45. The molecule has 0 bridgehead atoms. The van der Waals surface area contributed by atoms with E-state index in [1.807, 2.05) is 0 Å². The Kier molecular flexibility index (Phi) is 5.55. The van der Waals surface area contributed by atoms with Crippen LogP contribution in [0, 0.1) is 11.3 Å². The Morgan fingerprint density at radius 2 is 1.80 bits per heavy atom. The highest BCUT2D eigenvalue weighted by Crippen LogP contribution is 2.24. The van der Waals surface area contributed by atoms with Gasteiger partial charge in [-0.05, 0) is 32.1 Å². The molecule has 0 radical (unpaired) electrons. The first-order valence-electron chi connectivity index (χ1n) is 5.45. The fourth-order valence-electron chi connectivity index (χ4n) is 1.31. The predicted molar refractivity (Wildman–Crippen MR) is 59.5 cm³/mol. The molecule has 0 aromatic heterocycles. The SMILES string of the molecule is CCOC(=O)C(CCC(C)(C)C)C(C)=O. The van der Waals surface area contributed by atoms with Crippen molar-refractivity contribution in [2.24, 2.45) is 11.3 Å². The molecule has 0 aliphatic heterocycles. The largest absolute Gasteiger partial charge is 0.465 e. The molecule has 88 valence electrons. The highest BCUT2D eigenvalue weighted by molar-refractivity contribution is 5.97. The van der Waals surface area contributed by atoms with E-state index < -0.39 is 5.92 Å². The zero-order valence-corrected chi connectivity index (χ0v) is 10.4. The van der Waals surface area contributed by atoms with Crippen molar-refractivity contribution in [2.45, 2.75) is 47.5 Å². The lowest BCUT2D eigenvalue weighted by Gasteiger charge is -2.20. The molecule has 0 aliphatic carbocycles. The monoisotopic (exact) mass is 214 g/mol. The topological polar surface area (TPSA) is 43.4 Å². The number of carbonyl (C=O) groups excluding carboxylic acids is 2. The maximum atomic E-state index is 11.5. The van der Waals surface area contributed by atoms with Crippen molar-refractivity contribution in [3.05, 3.63) is 0 Å². The molecule has 15 heavy (non-hydrogen) atoms. The molecular formula is C12H22O3. The Labute approximate surface area is 92.2 Å². The number of esters is 1. The lowest BCUT2D eigenvalue weighted by molar-refractivity contribution is -0.151. The van der Waals surface area contributed by atoms with Crippen molar-refractivity contribution >= 4 is 11.8 Å². The predicted octanol–water partition coefficient (Wildman–Crippen LogP) is 2.58. The van der Waals surface area contributed by atoms with E-state index in [9.17, 15) is 9.59 Å². The number of hydrogen-bond donors (Lipinski definition) is 0. The maximum absolute atomic E-state index is 11.5. The molecule has 1 atom stereocenters. The van der Waals surface area contributed by atoms with Crippen LogP contribution in [0.2, 0.25) is 0 Å². The van der Waals surface area contributed by atoms with Gasteiger partial charge in [0.25, 0.3) is 0 Å². The zero-order valence-electron chi connectivity index (χ0n) is 10.4. The van der Waals surface area contributed by atoms with Crippen LogP contribution in [0.3, 0.4) is 0 Å². The lowest BCUT2D eigenvalue weighted by atomic mass is 9.85. The molecule has 0 rings (SSSR count). The fraction of sp³-hybridized carbons (Fsp3) is 0.833. The Morgan fingerprint density at radius 1 is 1.27 bits per heavy atom. The van der Waals surface area contributed by atoms with Gasteiger partial charge in [0.2, 0.25) is 0 Å². The highest BCUT2D eigenvalue weighted by atomic mass is 16.5. The van der Waals surface area contributed by atoms with E-state index in [1.165, 1.54) is 6.92 Å². The van der Waals surface area contributed by atoms with Gasteiger partial charge in [-0.1, -0.05) is 20.8 Å². The van der Waals surface area contributed by atoms with Crippen molar-refractivity contribution in [1.82, 2.24) is 0 Å². The van der Waals surface area contributed by atoms with Crippen molar-refractivity contribution in [3.63, 3.8) is 0 Å². The molecule has 3 heteroatoms. The van der Waals surface area contributed by atoms with Gasteiger partial charge < -0.3 is 4.74 Å². The lowest BCUT2D eigenvalue weighted by Crippen LogP contribution is -2.25. The number of rotatable bonds is 5. The van der Waals surface area contributed by atoms with Gasteiger partial charge in [0.15, 0.2) is 0 Å². The standard InChI is InChI=1S/C12H22O3/c1-6-15-11(14)10(9(2)13)7-8-12(3,4)5/h10H,6-8H2,1-5H3. The summed E-state index contributed by atoms with van der Waals surface area (Å²) in [7, 11) is 0. The summed E-state index contributed by atoms with van der Waals surface area (Å²) in [6.45, 7) is 9.81. The van der Waals surface area contributed by atoms with Crippen LogP contribution in [-0.2, 0) is 14.3 Å². The molecular weight excluding hydrogens is 192 g/mol. The number of ketones is 1. The molecule has 0 amide bonds. The molecule has 0 N–H and O–H groups in total. The summed E-state index contributed by atoms with van der Waals surface area (Å²) < 4.78 is 4.87. The first-order chi connectivity index (χ1) is 6.78. The molecule has 0 fully saturated rings. The number of carbonyl (C=O) groups is 2. The molecule has 0 aliphatic rings. The zero-order chi connectivity index (χ0) is 12.1. The van der Waals surface area contributed by atoms with Crippen LogP contribution in [0.5, 0.6) is 0 Å². The summed E-state index contributed by atoms with van der Waals surface area (Å²) in [5, 5.41) is 0. The summed E-state index contributed by atoms with van der Waals surface area (Å²) in [5.41, 5.74) is 0.139. The van der Waals surface area contributed by atoms with Crippen LogP contribution in [0.15, 0.2) is 0 Å². The molecule has 0 saturated carbocycles. The first kappa shape index (κ1) is 14.1. The Bertz CT molecular complexity index is 226. The van der Waals surface area contributed by atoms with Crippen molar-refractivity contribution in [2.75, 3.05) is 6.61 Å². The van der Waals surface area contributed by atoms with Crippen molar-refractivity contribution < 1.29 is 14.3 Å². The van der Waals surface area contributed by atoms with Crippen molar-refractivity contribution in [3.8, 4) is 0 Å². The van der Waals surface area contributed by atoms with Gasteiger partial charge in [0.05, 0.1) is 6.61 Å². The smallest absolute Gasteiger partial charge is 0.316 e. The molecule has 0 saturated heterocycles. The average molecular weight is 214 g/mol. The summed E-state index contributed by atoms with van der Waals surface area (Å²) in [5.74, 6) is -1.06. The van der Waals surface area contributed by atoms with Crippen LogP contribution in [0.1, 0.15) is 47.5 Å². The van der Waals surface area contributed by atoms with Crippen molar-refractivity contribution in [1.29, 1.82) is 0 Å². The van der Waals surface area contributed by atoms with Gasteiger partial charge in [-0.3, -0.25) is 9.59 Å². The summed E-state index contributed by atoms with van der Waals surface area (Å²) >= 11 is 0. The van der Waals surface area contributed by atoms with Crippen LogP contribution in [0.25, 0.3) is 0 Å². The van der Waals surface area contributed by atoms with E-state index >= 15 is 0 Å². The molecule has 0 aromatic rings. The van der Waals surface area contributed by atoms with E-state index in [1.54, 1.807) is 6.92 Å². The van der Waals surface area contributed by atoms with Crippen LogP contribution >= 0.6 is 0 Å². The van der Waals surface area contributed by atoms with Gasteiger partial charge in [-0.25, -0.2) is 0 Å².